The van der Waals surface area contributed by atoms with Gasteiger partial charge in [-0.2, -0.15) is 5.10 Å². The molecule has 0 aliphatic rings. The summed E-state index contributed by atoms with van der Waals surface area (Å²) in [6.45, 7) is 5.89. The molecular formula is C16H16N4O. The third kappa shape index (κ3) is 2.38. The average molecular weight is 280 g/mol. The van der Waals surface area contributed by atoms with Crippen molar-refractivity contribution in [3.63, 3.8) is 0 Å². The highest BCUT2D eigenvalue weighted by Crippen LogP contribution is 2.19. The van der Waals surface area contributed by atoms with Crippen molar-refractivity contribution in [2.75, 3.05) is 5.32 Å². The quantitative estimate of drug-likeness (QED) is 0.785. The van der Waals surface area contributed by atoms with Gasteiger partial charge in [0, 0.05) is 18.0 Å². The Morgan fingerprint density at radius 1 is 1.19 bits per heavy atom. The number of amides is 1. The average Bonchev–Trinajstić information content (AvgIpc) is 2.83. The standard InChI is InChI=1S/C16H16N4O/c1-10-5-4-6-13(12(10)3)18-16(21)14-7-8-17-15-9-11(2)19-20(14)15/h4-9H,1-3H3,(H,18,21). The van der Waals surface area contributed by atoms with Gasteiger partial charge in [0.05, 0.1) is 5.69 Å². The molecule has 0 atom stereocenters. The lowest BCUT2D eigenvalue weighted by Gasteiger charge is -2.10. The van der Waals surface area contributed by atoms with Gasteiger partial charge >= 0.3 is 0 Å². The normalized spacial score (nSPS) is 10.8. The zero-order valence-corrected chi connectivity index (χ0v) is 12.2. The molecule has 0 aliphatic heterocycles. The van der Waals surface area contributed by atoms with Crippen molar-refractivity contribution < 1.29 is 4.79 Å². The molecule has 5 heteroatoms. The molecule has 0 bridgehead atoms. The molecule has 3 aromatic rings. The highest BCUT2D eigenvalue weighted by molar-refractivity contribution is 6.03. The van der Waals surface area contributed by atoms with Gasteiger partial charge in [-0.15, -0.1) is 0 Å². The van der Waals surface area contributed by atoms with Crippen molar-refractivity contribution >= 4 is 17.2 Å². The Labute approximate surface area is 122 Å². The second kappa shape index (κ2) is 5.01. The molecule has 106 valence electrons. The van der Waals surface area contributed by atoms with Gasteiger partial charge in [-0.3, -0.25) is 4.79 Å². The highest BCUT2D eigenvalue weighted by Gasteiger charge is 2.13. The van der Waals surface area contributed by atoms with Crippen LogP contribution in [0.4, 0.5) is 5.69 Å². The number of hydrogen-bond acceptors (Lipinski definition) is 3. The van der Waals surface area contributed by atoms with E-state index in [-0.39, 0.29) is 5.91 Å². The molecule has 1 N–H and O–H groups in total. The zero-order valence-electron chi connectivity index (χ0n) is 12.2. The fourth-order valence-electron chi connectivity index (χ4n) is 2.25. The predicted molar refractivity (Wildman–Crippen MR) is 81.6 cm³/mol. The minimum absolute atomic E-state index is 0.195. The molecular weight excluding hydrogens is 264 g/mol. The van der Waals surface area contributed by atoms with Crippen LogP contribution < -0.4 is 5.32 Å². The van der Waals surface area contributed by atoms with Crippen LogP contribution in [0, 0.1) is 20.8 Å². The fourth-order valence-corrected chi connectivity index (χ4v) is 2.25. The first-order valence-corrected chi connectivity index (χ1v) is 6.75. The summed E-state index contributed by atoms with van der Waals surface area (Å²) in [6, 6.07) is 9.35. The summed E-state index contributed by atoms with van der Waals surface area (Å²) in [7, 11) is 0. The first kappa shape index (κ1) is 13.3. The van der Waals surface area contributed by atoms with Crippen molar-refractivity contribution in [1.29, 1.82) is 0 Å². The van der Waals surface area contributed by atoms with Crippen LogP contribution in [0.2, 0.25) is 0 Å². The number of carbonyl (C=O) groups is 1. The Kier molecular flexibility index (Phi) is 3.17. The van der Waals surface area contributed by atoms with E-state index in [1.807, 2.05) is 45.0 Å². The maximum atomic E-state index is 12.5. The topological polar surface area (TPSA) is 59.3 Å². The highest BCUT2D eigenvalue weighted by atomic mass is 16.2. The molecule has 0 saturated carbocycles. The lowest BCUT2D eigenvalue weighted by atomic mass is 10.1. The van der Waals surface area contributed by atoms with Crippen LogP contribution in [0.5, 0.6) is 0 Å². The lowest BCUT2D eigenvalue weighted by molar-refractivity contribution is 0.101. The Hall–Kier alpha value is -2.69. The third-order valence-corrected chi connectivity index (χ3v) is 3.57. The van der Waals surface area contributed by atoms with Gasteiger partial charge in [-0.25, -0.2) is 9.50 Å². The molecule has 1 amide bonds. The van der Waals surface area contributed by atoms with Crippen LogP contribution in [0.1, 0.15) is 27.3 Å². The summed E-state index contributed by atoms with van der Waals surface area (Å²) in [5.74, 6) is -0.195. The van der Waals surface area contributed by atoms with Crippen LogP contribution >= 0.6 is 0 Å². The summed E-state index contributed by atoms with van der Waals surface area (Å²) in [5, 5.41) is 7.25. The van der Waals surface area contributed by atoms with E-state index >= 15 is 0 Å². The van der Waals surface area contributed by atoms with Crippen molar-refractivity contribution in [3.8, 4) is 0 Å². The molecule has 5 nitrogen and oxygen atoms in total. The van der Waals surface area contributed by atoms with E-state index in [9.17, 15) is 4.79 Å². The summed E-state index contributed by atoms with van der Waals surface area (Å²) in [4.78, 5) is 16.7. The largest absolute Gasteiger partial charge is 0.320 e. The monoisotopic (exact) mass is 280 g/mol. The molecule has 0 radical (unpaired) electrons. The number of rotatable bonds is 2. The summed E-state index contributed by atoms with van der Waals surface area (Å²) in [6.07, 6.45) is 1.62. The zero-order chi connectivity index (χ0) is 15.0. The lowest BCUT2D eigenvalue weighted by Crippen LogP contribution is -2.17. The maximum absolute atomic E-state index is 12.5. The Balaban J connectivity index is 1.99. The van der Waals surface area contributed by atoms with Gasteiger partial charge in [0.1, 0.15) is 5.69 Å². The summed E-state index contributed by atoms with van der Waals surface area (Å²) in [5.41, 5.74) is 4.98. The smallest absolute Gasteiger partial charge is 0.274 e. The van der Waals surface area contributed by atoms with Gasteiger partial charge < -0.3 is 5.32 Å². The van der Waals surface area contributed by atoms with Crippen LogP contribution in [-0.4, -0.2) is 20.5 Å². The Bertz CT molecular complexity index is 835. The van der Waals surface area contributed by atoms with E-state index in [4.69, 9.17) is 0 Å². The van der Waals surface area contributed by atoms with Gasteiger partial charge in [0.2, 0.25) is 0 Å². The molecule has 3 rings (SSSR count). The van der Waals surface area contributed by atoms with E-state index < -0.39 is 0 Å². The van der Waals surface area contributed by atoms with Gasteiger partial charge in [-0.1, -0.05) is 12.1 Å². The molecule has 21 heavy (non-hydrogen) atoms. The van der Waals surface area contributed by atoms with E-state index in [2.05, 4.69) is 15.4 Å². The fraction of sp³-hybridized carbons (Fsp3) is 0.188. The Morgan fingerprint density at radius 2 is 2.00 bits per heavy atom. The number of aromatic nitrogens is 3. The van der Waals surface area contributed by atoms with Crippen LogP contribution in [0.25, 0.3) is 5.65 Å². The van der Waals surface area contributed by atoms with Crippen molar-refractivity contribution in [2.45, 2.75) is 20.8 Å². The minimum Gasteiger partial charge on any atom is -0.320 e. The van der Waals surface area contributed by atoms with E-state index in [0.29, 0.717) is 11.3 Å². The second-order valence-electron chi connectivity index (χ2n) is 5.09. The van der Waals surface area contributed by atoms with E-state index in [1.54, 1.807) is 16.8 Å². The third-order valence-electron chi connectivity index (χ3n) is 3.57. The number of aryl methyl sites for hydroxylation is 2. The number of nitrogens with one attached hydrogen (secondary N) is 1. The summed E-state index contributed by atoms with van der Waals surface area (Å²) >= 11 is 0. The molecule has 0 unspecified atom stereocenters. The molecule has 0 spiro atoms. The molecule has 0 saturated heterocycles. The molecule has 2 heterocycles. The first-order chi connectivity index (χ1) is 10.1. The number of nitrogens with zero attached hydrogens (tertiary/aromatic N) is 3. The van der Waals surface area contributed by atoms with Crippen LogP contribution in [0.15, 0.2) is 36.5 Å². The van der Waals surface area contributed by atoms with Gasteiger partial charge in [0.25, 0.3) is 5.91 Å². The summed E-state index contributed by atoms with van der Waals surface area (Å²) < 4.78 is 1.57. The maximum Gasteiger partial charge on any atom is 0.274 e. The van der Waals surface area contributed by atoms with Crippen molar-refractivity contribution in [2.24, 2.45) is 0 Å². The number of fused-ring (bicyclic) bond motifs is 1. The number of anilines is 1. The molecule has 1 aromatic carbocycles. The van der Waals surface area contributed by atoms with E-state index in [1.165, 1.54) is 0 Å². The number of benzene rings is 1. The minimum atomic E-state index is -0.195. The Morgan fingerprint density at radius 3 is 2.81 bits per heavy atom. The molecule has 0 fully saturated rings. The van der Waals surface area contributed by atoms with Gasteiger partial charge in [-0.05, 0) is 44.0 Å². The first-order valence-electron chi connectivity index (χ1n) is 6.75. The second-order valence-corrected chi connectivity index (χ2v) is 5.09. The molecule has 0 aliphatic carbocycles. The van der Waals surface area contributed by atoms with Gasteiger partial charge in [0.15, 0.2) is 5.65 Å². The van der Waals surface area contributed by atoms with Crippen molar-refractivity contribution in [3.05, 3.63) is 59.0 Å². The van der Waals surface area contributed by atoms with Crippen LogP contribution in [-0.2, 0) is 0 Å². The van der Waals surface area contributed by atoms with Crippen LogP contribution in [0.3, 0.4) is 0 Å². The number of hydrogen-bond donors (Lipinski definition) is 1. The van der Waals surface area contributed by atoms with E-state index in [0.717, 1.165) is 22.5 Å². The predicted octanol–water partition coefficient (Wildman–Crippen LogP) is 2.91. The SMILES string of the molecule is Cc1cc2nccc(C(=O)Nc3cccc(C)c3C)n2n1. The molecule has 2 aromatic heterocycles. The van der Waals surface area contributed by atoms with Crippen molar-refractivity contribution in [1.82, 2.24) is 14.6 Å². The number of carbonyl (C=O) groups excluding carboxylic acids is 1.